The number of hydrogen-bond acceptors (Lipinski definition) is 9. The van der Waals surface area contributed by atoms with E-state index in [9.17, 15) is 24.0 Å². The molecule has 2 aliphatic heterocycles. The second kappa shape index (κ2) is 12.4. The molecule has 0 unspecified atom stereocenters. The van der Waals surface area contributed by atoms with Crippen molar-refractivity contribution < 1.29 is 28.4 Å². The summed E-state index contributed by atoms with van der Waals surface area (Å²) in [4.78, 5) is 75.1. The Morgan fingerprint density at radius 3 is 2.32 bits per heavy atom. The highest BCUT2D eigenvalue weighted by atomic mass is 32.1. The van der Waals surface area contributed by atoms with Gasteiger partial charge in [-0.05, 0) is 32.1 Å². The fourth-order valence-electron chi connectivity index (χ4n) is 4.85. The van der Waals surface area contributed by atoms with E-state index in [4.69, 9.17) is 4.42 Å². The summed E-state index contributed by atoms with van der Waals surface area (Å²) < 4.78 is 5.83. The van der Waals surface area contributed by atoms with Gasteiger partial charge in [-0.1, -0.05) is 27.7 Å². The number of nitrogens with zero attached hydrogens (tertiary/aromatic N) is 3. The van der Waals surface area contributed by atoms with E-state index in [1.807, 2.05) is 27.7 Å². The number of rotatable bonds is 3. The van der Waals surface area contributed by atoms with Crippen LogP contribution in [0.5, 0.6) is 0 Å². The van der Waals surface area contributed by atoms with Crippen molar-refractivity contribution in [1.82, 2.24) is 36.1 Å². The van der Waals surface area contributed by atoms with Crippen LogP contribution >= 0.6 is 11.3 Å². The molecule has 14 heteroatoms. The van der Waals surface area contributed by atoms with Gasteiger partial charge >= 0.3 is 0 Å². The molecule has 4 bridgehead atoms. The molecule has 13 nitrogen and oxygen atoms in total. The van der Waals surface area contributed by atoms with Crippen LogP contribution in [0.15, 0.2) is 9.80 Å². The minimum Gasteiger partial charge on any atom is -0.443 e. The van der Waals surface area contributed by atoms with Crippen LogP contribution in [-0.2, 0) is 14.4 Å². The first-order chi connectivity index (χ1) is 19.3. The number of hydrogen-bond donors (Lipinski definition) is 4. The SMILES string of the molecule is Cc1oc2nc1C(=O)N[C@H](C)CN(C(=O)[C@H]1CCC(=O)N1)CC(=O)N[C@@H](C(C)C)c1nc(cs1)C(=O)N[C@@H]2C(C)C. The van der Waals surface area contributed by atoms with Gasteiger partial charge in [0.25, 0.3) is 11.8 Å². The lowest BCUT2D eigenvalue weighted by Gasteiger charge is -2.29. The van der Waals surface area contributed by atoms with Crippen molar-refractivity contribution in [2.45, 2.75) is 78.6 Å². The molecule has 1 fully saturated rings. The van der Waals surface area contributed by atoms with Gasteiger partial charge in [-0.25, -0.2) is 9.97 Å². The van der Waals surface area contributed by atoms with Gasteiger partial charge in [0, 0.05) is 24.4 Å². The zero-order valence-corrected chi connectivity index (χ0v) is 24.9. The molecular formula is C27H37N7O6S. The second-order valence-corrected chi connectivity index (χ2v) is 12.2. The zero-order chi connectivity index (χ0) is 30.0. The normalized spacial score (nSPS) is 24.4. The standard InChI is InChI=1S/C27H37N7O6S/c1-12(2)20-25-33-22(15(6)40-25)24(38)28-14(5)9-34(27(39)16-7-8-18(35)29-16)10-19(36)31-21(13(3)4)26-30-17(11-41-26)23(37)32-20/h11-14,16,20-21H,7-10H2,1-6H3,(H,28,38)(H,29,35)(H,31,36)(H,32,37)/t14-,16-,20-,21+/m1/s1. The van der Waals surface area contributed by atoms with Crippen LogP contribution in [0.4, 0.5) is 0 Å². The van der Waals surface area contributed by atoms with E-state index in [0.717, 1.165) is 0 Å². The van der Waals surface area contributed by atoms with Crippen LogP contribution in [0.25, 0.3) is 0 Å². The van der Waals surface area contributed by atoms with E-state index in [1.54, 1.807) is 19.2 Å². The number of aryl methyl sites for hydroxylation is 1. The smallest absolute Gasteiger partial charge is 0.273 e. The van der Waals surface area contributed by atoms with Gasteiger partial charge in [0.2, 0.25) is 23.6 Å². The minimum absolute atomic E-state index is 0.0204. The Kier molecular flexibility index (Phi) is 9.10. The first-order valence-electron chi connectivity index (χ1n) is 13.8. The molecule has 0 aromatic carbocycles. The highest BCUT2D eigenvalue weighted by Gasteiger charge is 2.34. The Morgan fingerprint density at radius 2 is 1.68 bits per heavy atom. The molecule has 2 aliphatic rings. The van der Waals surface area contributed by atoms with E-state index in [1.165, 1.54) is 16.2 Å². The average Bonchev–Trinajstić information content (AvgIpc) is 3.64. The van der Waals surface area contributed by atoms with Crippen molar-refractivity contribution in [3.05, 3.63) is 33.4 Å². The maximum atomic E-state index is 13.4. The van der Waals surface area contributed by atoms with E-state index in [2.05, 4.69) is 31.2 Å². The third kappa shape index (κ3) is 6.92. The van der Waals surface area contributed by atoms with Gasteiger partial charge < -0.3 is 30.6 Å². The quantitative estimate of drug-likeness (QED) is 0.419. The largest absolute Gasteiger partial charge is 0.443 e. The summed E-state index contributed by atoms with van der Waals surface area (Å²) in [5.41, 5.74) is 0.239. The van der Waals surface area contributed by atoms with Crippen molar-refractivity contribution >= 4 is 40.9 Å². The summed E-state index contributed by atoms with van der Waals surface area (Å²) >= 11 is 1.25. The third-order valence-corrected chi connectivity index (χ3v) is 7.99. The number of nitrogens with one attached hydrogen (secondary N) is 4. The van der Waals surface area contributed by atoms with Gasteiger partial charge in [-0.15, -0.1) is 11.3 Å². The summed E-state index contributed by atoms with van der Waals surface area (Å²) in [7, 11) is 0. The predicted octanol–water partition coefficient (Wildman–Crippen LogP) is 1.62. The fraction of sp³-hybridized carbons (Fsp3) is 0.593. The second-order valence-electron chi connectivity index (χ2n) is 11.3. The Morgan fingerprint density at radius 1 is 0.976 bits per heavy atom. The first-order valence-corrected chi connectivity index (χ1v) is 14.6. The molecular weight excluding hydrogens is 550 g/mol. The monoisotopic (exact) mass is 587 g/mol. The molecule has 4 heterocycles. The Labute approximate surface area is 242 Å². The lowest BCUT2D eigenvalue weighted by molar-refractivity contribution is -0.138. The van der Waals surface area contributed by atoms with Gasteiger partial charge in [-0.2, -0.15) is 0 Å². The van der Waals surface area contributed by atoms with Gasteiger partial charge in [0.05, 0.1) is 12.6 Å². The number of aromatic nitrogens is 2. The van der Waals surface area contributed by atoms with Crippen LogP contribution in [0, 0.1) is 18.8 Å². The Balaban J connectivity index is 1.71. The molecule has 222 valence electrons. The number of amides is 5. The van der Waals surface area contributed by atoms with Crippen LogP contribution in [-0.4, -0.2) is 69.6 Å². The van der Waals surface area contributed by atoms with Gasteiger partial charge in [0.1, 0.15) is 28.5 Å². The van der Waals surface area contributed by atoms with Crippen molar-refractivity contribution in [3.8, 4) is 0 Å². The van der Waals surface area contributed by atoms with Gasteiger partial charge in [-0.3, -0.25) is 24.0 Å². The molecule has 4 rings (SSSR count). The van der Waals surface area contributed by atoms with Crippen molar-refractivity contribution in [2.75, 3.05) is 13.1 Å². The first kappa shape index (κ1) is 30.2. The molecule has 5 amide bonds. The Hall–Kier alpha value is -3.81. The number of fused-ring (bicyclic) bond motifs is 4. The highest BCUT2D eigenvalue weighted by Crippen LogP contribution is 2.27. The summed E-state index contributed by atoms with van der Waals surface area (Å²) in [6.45, 7) is 10.7. The van der Waals surface area contributed by atoms with Crippen molar-refractivity contribution in [3.63, 3.8) is 0 Å². The zero-order valence-electron chi connectivity index (χ0n) is 24.1. The number of oxazole rings is 1. The predicted molar refractivity (Wildman–Crippen MR) is 149 cm³/mol. The lowest BCUT2D eigenvalue weighted by Crippen LogP contribution is -2.53. The summed E-state index contributed by atoms with van der Waals surface area (Å²) in [6.07, 6.45) is 0.552. The number of thiazole rings is 1. The average molecular weight is 588 g/mol. The molecule has 2 aromatic heterocycles. The van der Waals surface area contributed by atoms with E-state index in [-0.39, 0.29) is 60.3 Å². The molecule has 0 saturated carbocycles. The molecule has 4 N–H and O–H groups in total. The maximum absolute atomic E-state index is 13.4. The van der Waals surface area contributed by atoms with Crippen molar-refractivity contribution in [1.29, 1.82) is 0 Å². The lowest BCUT2D eigenvalue weighted by atomic mass is 10.0. The molecule has 41 heavy (non-hydrogen) atoms. The van der Waals surface area contributed by atoms with Crippen LogP contribution < -0.4 is 21.3 Å². The van der Waals surface area contributed by atoms with Crippen molar-refractivity contribution in [2.24, 2.45) is 11.8 Å². The van der Waals surface area contributed by atoms with Crippen LogP contribution in [0.1, 0.15) is 97.2 Å². The number of carbonyl (C=O) groups excluding carboxylic acids is 5. The molecule has 4 atom stereocenters. The summed E-state index contributed by atoms with van der Waals surface area (Å²) in [5.74, 6) is -1.73. The molecule has 0 aliphatic carbocycles. The van der Waals surface area contributed by atoms with E-state index >= 15 is 0 Å². The van der Waals surface area contributed by atoms with Crippen LogP contribution in [0.2, 0.25) is 0 Å². The minimum atomic E-state index is -0.745. The summed E-state index contributed by atoms with van der Waals surface area (Å²) in [5, 5.41) is 13.5. The Bertz CT molecular complexity index is 1340. The van der Waals surface area contributed by atoms with Crippen LogP contribution in [0.3, 0.4) is 0 Å². The topological polar surface area (TPSA) is 176 Å². The highest BCUT2D eigenvalue weighted by molar-refractivity contribution is 7.09. The molecule has 0 radical (unpaired) electrons. The van der Waals surface area contributed by atoms with E-state index < -0.39 is 47.8 Å². The van der Waals surface area contributed by atoms with E-state index in [0.29, 0.717) is 11.4 Å². The fourth-order valence-corrected chi connectivity index (χ4v) is 5.87. The molecule has 0 spiro atoms. The molecule has 1 saturated heterocycles. The number of carbonyl (C=O) groups is 5. The maximum Gasteiger partial charge on any atom is 0.273 e. The summed E-state index contributed by atoms with van der Waals surface area (Å²) in [6, 6.07) is -2.45. The molecule has 2 aromatic rings. The van der Waals surface area contributed by atoms with Gasteiger partial charge in [0.15, 0.2) is 5.69 Å². The third-order valence-electron chi connectivity index (χ3n) is 7.06.